The third kappa shape index (κ3) is 4.63. The van der Waals surface area contributed by atoms with E-state index >= 15 is 0 Å². The fraction of sp³-hybridized carbons (Fsp3) is 0.278. The molecule has 0 aliphatic heterocycles. The van der Waals surface area contributed by atoms with Crippen LogP contribution in [-0.4, -0.2) is 25.9 Å². The molecule has 0 radical (unpaired) electrons. The summed E-state index contributed by atoms with van der Waals surface area (Å²) in [6, 6.07) is 18.0. The van der Waals surface area contributed by atoms with Gasteiger partial charge < -0.3 is 10.2 Å². The molecule has 2 rings (SSSR count). The predicted octanol–water partition coefficient (Wildman–Crippen LogP) is 3.83. The third-order valence-electron chi connectivity index (χ3n) is 3.49. The van der Waals surface area contributed by atoms with Crippen molar-refractivity contribution in [3.8, 4) is 0 Å². The number of para-hydroxylation sites is 1. The summed E-state index contributed by atoms with van der Waals surface area (Å²) in [7, 11) is 2.11. The van der Waals surface area contributed by atoms with Gasteiger partial charge >= 0.3 is 0 Å². The van der Waals surface area contributed by atoms with E-state index in [0.717, 1.165) is 30.8 Å². The van der Waals surface area contributed by atoms with Crippen molar-refractivity contribution in [3.05, 3.63) is 60.2 Å². The van der Waals surface area contributed by atoms with Gasteiger partial charge in [0.1, 0.15) is 0 Å². The van der Waals surface area contributed by atoms with Gasteiger partial charge in [0.25, 0.3) is 0 Å². The number of carbonyl (C=O) groups excluding carboxylic acids is 1. The van der Waals surface area contributed by atoms with Crippen molar-refractivity contribution < 1.29 is 4.79 Å². The molecule has 1 N–H and O–H groups in total. The lowest BCUT2D eigenvalue weighted by atomic mass is 10.1. The molecule has 2 aromatic rings. The van der Waals surface area contributed by atoms with Gasteiger partial charge in [0, 0.05) is 37.1 Å². The third-order valence-corrected chi connectivity index (χ3v) is 3.49. The van der Waals surface area contributed by atoms with Crippen LogP contribution in [0.1, 0.15) is 23.7 Å². The Bertz CT molecular complexity index is 564. The second kappa shape index (κ2) is 7.48. The van der Waals surface area contributed by atoms with Gasteiger partial charge in [-0.3, -0.25) is 4.79 Å². The van der Waals surface area contributed by atoms with E-state index in [2.05, 4.69) is 41.5 Å². The second-order valence-electron chi connectivity index (χ2n) is 5.17. The van der Waals surface area contributed by atoms with E-state index in [-0.39, 0.29) is 5.78 Å². The first-order chi connectivity index (χ1) is 10.2. The van der Waals surface area contributed by atoms with Crippen LogP contribution in [0.5, 0.6) is 0 Å². The number of rotatable bonds is 7. The van der Waals surface area contributed by atoms with Gasteiger partial charge in [-0.05, 0) is 49.7 Å². The molecule has 21 heavy (non-hydrogen) atoms. The Kier molecular flexibility index (Phi) is 5.38. The maximum Gasteiger partial charge on any atom is 0.159 e. The molecule has 2 aromatic carbocycles. The number of anilines is 2. The van der Waals surface area contributed by atoms with Crippen LogP contribution in [0.2, 0.25) is 0 Å². The molecule has 3 nitrogen and oxygen atoms in total. The summed E-state index contributed by atoms with van der Waals surface area (Å²) in [5.41, 5.74) is 3.05. The highest BCUT2D eigenvalue weighted by molar-refractivity contribution is 5.94. The van der Waals surface area contributed by atoms with Crippen molar-refractivity contribution in [3.63, 3.8) is 0 Å². The number of ketones is 1. The van der Waals surface area contributed by atoms with Crippen molar-refractivity contribution in [2.45, 2.75) is 13.3 Å². The van der Waals surface area contributed by atoms with E-state index in [4.69, 9.17) is 0 Å². The summed E-state index contributed by atoms with van der Waals surface area (Å²) in [4.78, 5) is 13.5. The molecule has 0 amide bonds. The smallest absolute Gasteiger partial charge is 0.159 e. The minimum absolute atomic E-state index is 0.103. The van der Waals surface area contributed by atoms with Gasteiger partial charge in [-0.2, -0.15) is 0 Å². The van der Waals surface area contributed by atoms with Gasteiger partial charge in [-0.1, -0.05) is 18.2 Å². The SMILES string of the molecule is CC(=O)c1ccc(NCCCN(C)c2ccccc2)cc1. The maximum absolute atomic E-state index is 11.2. The average Bonchev–Trinajstić information content (AvgIpc) is 2.52. The zero-order valence-corrected chi connectivity index (χ0v) is 12.7. The normalized spacial score (nSPS) is 10.2. The molecule has 0 fully saturated rings. The molecular weight excluding hydrogens is 260 g/mol. The van der Waals surface area contributed by atoms with Gasteiger partial charge in [-0.25, -0.2) is 0 Å². The minimum atomic E-state index is 0.103. The Morgan fingerprint density at radius 2 is 1.71 bits per heavy atom. The lowest BCUT2D eigenvalue weighted by Crippen LogP contribution is -2.20. The van der Waals surface area contributed by atoms with Crippen LogP contribution in [0.25, 0.3) is 0 Å². The summed E-state index contributed by atoms with van der Waals surface area (Å²) >= 11 is 0. The minimum Gasteiger partial charge on any atom is -0.385 e. The summed E-state index contributed by atoms with van der Waals surface area (Å²) in [5.74, 6) is 0.103. The maximum atomic E-state index is 11.2. The summed E-state index contributed by atoms with van der Waals surface area (Å²) < 4.78 is 0. The molecule has 0 aromatic heterocycles. The zero-order chi connectivity index (χ0) is 15.1. The first-order valence-corrected chi connectivity index (χ1v) is 7.28. The molecule has 0 saturated carbocycles. The summed E-state index contributed by atoms with van der Waals surface area (Å²) in [6.45, 7) is 3.50. The Balaban J connectivity index is 1.73. The second-order valence-corrected chi connectivity index (χ2v) is 5.17. The van der Waals surface area contributed by atoms with Crippen molar-refractivity contribution in [2.75, 3.05) is 30.4 Å². The van der Waals surface area contributed by atoms with Gasteiger partial charge in [-0.15, -0.1) is 0 Å². The topological polar surface area (TPSA) is 32.3 Å². The fourth-order valence-electron chi connectivity index (χ4n) is 2.18. The van der Waals surface area contributed by atoms with Crippen LogP contribution >= 0.6 is 0 Å². The van der Waals surface area contributed by atoms with Crippen LogP contribution in [0.4, 0.5) is 11.4 Å². The van der Waals surface area contributed by atoms with E-state index in [9.17, 15) is 4.79 Å². The van der Waals surface area contributed by atoms with E-state index in [0.29, 0.717) is 0 Å². The molecule has 0 spiro atoms. The number of hydrogen-bond acceptors (Lipinski definition) is 3. The van der Waals surface area contributed by atoms with Crippen LogP contribution in [0.3, 0.4) is 0 Å². The van der Waals surface area contributed by atoms with Gasteiger partial charge in [0.15, 0.2) is 5.78 Å². The standard InChI is InChI=1S/C18H22N2O/c1-15(21)16-9-11-17(12-10-16)19-13-6-14-20(2)18-7-4-3-5-8-18/h3-5,7-12,19H,6,13-14H2,1-2H3. The number of nitrogens with zero attached hydrogens (tertiary/aromatic N) is 1. The Morgan fingerprint density at radius 3 is 2.33 bits per heavy atom. The van der Waals surface area contributed by atoms with Crippen LogP contribution in [0, 0.1) is 0 Å². The van der Waals surface area contributed by atoms with E-state index in [1.807, 2.05) is 30.3 Å². The Hall–Kier alpha value is -2.29. The summed E-state index contributed by atoms with van der Waals surface area (Å²) in [6.07, 6.45) is 1.06. The fourth-order valence-corrected chi connectivity index (χ4v) is 2.18. The molecular formula is C18H22N2O. The molecule has 0 unspecified atom stereocenters. The van der Waals surface area contributed by atoms with Crippen LogP contribution in [-0.2, 0) is 0 Å². The van der Waals surface area contributed by atoms with E-state index in [1.54, 1.807) is 6.92 Å². The largest absolute Gasteiger partial charge is 0.385 e. The number of hydrogen-bond donors (Lipinski definition) is 1. The zero-order valence-electron chi connectivity index (χ0n) is 12.7. The van der Waals surface area contributed by atoms with Crippen molar-refractivity contribution >= 4 is 17.2 Å². The lowest BCUT2D eigenvalue weighted by molar-refractivity contribution is 0.101. The monoisotopic (exact) mass is 282 g/mol. The molecule has 0 bridgehead atoms. The van der Waals surface area contributed by atoms with Crippen molar-refractivity contribution in [2.24, 2.45) is 0 Å². The quantitative estimate of drug-likeness (QED) is 0.619. The van der Waals surface area contributed by atoms with Crippen LogP contribution in [0.15, 0.2) is 54.6 Å². The number of nitrogens with one attached hydrogen (secondary N) is 1. The molecule has 0 saturated heterocycles. The van der Waals surface area contributed by atoms with Crippen LogP contribution < -0.4 is 10.2 Å². The van der Waals surface area contributed by atoms with E-state index in [1.165, 1.54) is 5.69 Å². The number of benzene rings is 2. The highest BCUT2D eigenvalue weighted by atomic mass is 16.1. The van der Waals surface area contributed by atoms with Gasteiger partial charge in [0.05, 0.1) is 0 Å². The predicted molar refractivity (Wildman–Crippen MR) is 89.3 cm³/mol. The molecule has 110 valence electrons. The van der Waals surface area contributed by atoms with E-state index < -0.39 is 0 Å². The highest BCUT2D eigenvalue weighted by Crippen LogP contribution is 2.12. The molecule has 3 heteroatoms. The van der Waals surface area contributed by atoms with Crippen molar-refractivity contribution in [1.29, 1.82) is 0 Å². The highest BCUT2D eigenvalue weighted by Gasteiger charge is 2.00. The summed E-state index contributed by atoms with van der Waals surface area (Å²) in [5, 5.41) is 3.38. The first kappa shape index (κ1) is 15.1. The van der Waals surface area contributed by atoms with Gasteiger partial charge in [0.2, 0.25) is 0 Å². The average molecular weight is 282 g/mol. The Labute approximate surface area is 126 Å². The molecule has 0 atom stereocenters. The molecule has 0 aliphatic carbocycles. The number of Topliss-reactive ketones (excluding diaryl/α,β-unsaturated/α-hetero) is 1. The number of carbonyl (C=O) groups is 1. The van der Waals surface area contributed by atoms with Crippen molar-refractivity contribution in [1.82, 2.24) is 0 Å². The Morgan fingerprint density at radius 1 is 1.05 bits per heavy atom. The lowest BCUT2D eigenvalue weighted by Gasteiger charge is -2.19. The molecule has 0 heterocycles. The molecule has 0 aliphatic rings. The first-order valence-electron chi connectivity index (χ1n) is 7.28.